The van der Waals surface area contributed by atoms with Crippen molar-refractivity contribution in [3.05, 3.63) is 98.9 Å². The average molecular weight is 481 g/mol. The van der Waals surface area contributed by atoms with Crippen molar-refractivity contribution >= 4 is 54.5 Å². The van der Waals surface area contributed by atoms with Crippen LogP contribution in [0.4, 0.5) is 5.95 Å². The van der Waals surface area contributed by atoms with E-state index in [1.54, 1.807) is 0 Å². The number of nitrogens with zero attached hydrogens (tertiary/aromatic N) is 2. The number of aromatic nitrogens is 2. The second-order valence-electron chi connectivity index (χ2n) is 6.51. The van der Waals surface area contributed by atoms with Gasteiger partial charge in [-0.05, 0) is 53.6 Å². The summed E-state index contributed by atoms with van der Waals surface area (Å²) in [6, 6.07) is 25.1. The Hall–Kier alpha value is -2.37. The van der Waals surface area contributed by atoms with Gasteiger partial charge in [-0.15, -0.1) is 0 Å². The number of fused-ring (bicyclic) bond motifs is 3. The molecule has 3 nitrogen and oxygen atoms in total. The van der Waals surface area contributed by atoms with Crippen LogP contribution in [0, 0.1) is 0 Å². The van der Waals surface area contributed by atoms with Crippen LogP contribution in [0.3, 0.4) is 0 Å². The van der Waals surface area contributed by atoms with Gasteiger partial charge in [0, 0.05) is 14.6 Å². The Labute approximate surface area is 174 Å². The van der Waals surface area contributed by atoms with E-state index >= 15 is 0 Å². The molecule has 0 unspecified atom stereocenters. The van der Waals surface area contributed by atoms with Gasteiger partial charge in [-0.1, -0.05) is 68.3 Å². The SMILES string of the molecule is Brc1ccc(C2=C[C@H](c3cccc(Br)c3)n3c(nc4ccccc43)N2)cc1. The number of anilines is 1. The quantitative estimate of drug-likeness (QED) is 0.349. The number of allylic oxidation sites excluding steroid dienone is 1. The van der Waals surface area contributed by atoms with Crippen LogP contribution in [0.1, 0.15) is 17.2 Å². The Balaban J connectivity index is 1.72. The van der Waals surface area contributed by atoms with Crippen molar-refractivity contribution in [2.75, 3.05) is 5.32 Å². The lowest BCUT2D eigenvalue weighted by atomic mass is 10.0. The van der Waals surface area contributed by atoms with Crippen LogP contribution in [0.5, 0.6) is 0 Å². The van der Waals surface area contributed by atoms with E-state index < -0.39 is 0 Å². The molecule has 1 aliphatic heterocycles. The summed E-state index contributed by atoms with van der Waals surface area (Å²) in [5.41, 5.74) is 5.53. The van der Waals surface area contributed by atoms with Crippen molar-refractivity contribution in [1.82, 2.24) is 9.55 Å². The van der Waals surface area contributed by atoms with Gasteiger partial charge in [0.15, 0.2) is 0 Å². The third-order valence-electron chi connectivity index (χ3n) is 4.79. The molecule has 0 saturated heterocycles. The first-order valence-electron chi connectivity index (χ1n) is 8.66. The first-order valence-corrected chi connectivity index (χ1v) is 10.2. The van der Waals surface area contributed by atoms with E-state index in [2.05, 4.69) is 115 Å². The number of para-hydroxylation sites is 2. The van der Waals surface area contributed by atoms with E-state index in [1.165, 1.54) is 5.56 Å². The summed E-state index contributed by atoms with van der Waals surface area (Å²) in [5, 5.41) is 3.52. The highest BCUT2D eigenvalue weighted by molar-refractivity contribution is 9.10. The van der Waals surface area contributed by atoms with Crippen LogP contribution < -0.4 is 5.32 Å². The lowest BCUT2D eigenvalue weighted by Crippen LogP contribution is -2.19. The van der Waals surface area contributed by atoms with Crippen LogP contribution in [0.25, 0.3) is 16.7 Å². The summed E-state index contributed by atoms with van der Waals surface area (Å²) in [6.07, 6.45) is 2.27. The predicted molar refractivity (Wildman–Crippen MR) is 118 cm³/mol. The fourth-order valence-electron chi connectivity index (χ4n) is 3.54. The molecule has 27 heavy (non-hydrogen) atoms. The highest BCUT2D eigenvalue weighted by Gasteiger charge is 2.25. The number of imidazole rings is 1. The Bertz CT molecular complexity index is 1180. The molecule has 1 aromatic heterocycles. The number of rotatable bonds is 2. The van der Waals surface area contributed by atoms with Crippen LogP contribution in [0.15, 0.2) is 87.8 Å². The molecular weight excluding hydrogens is 466 g/mol. The van der Waals surface area contributed by atoms with Gasteiger partial charge < -0.3 is 5.32 Å². The molecule has 5 rings (SSSR count). The first kappa shape index (κ1) is 16.8. The Kier molecular flexibility index (Phi) is 4.14. The molecular formula is C22H15Br2N3. The lowest BCUT2D eigenvalue weighted by molar-refractivity contribution is 0.720. The fourth-order valence-corrected chi connectivity index (χ4v) is 4.22. The van der Waals surface area contributed by atoms with Gasteiger partial charge in [-0.3, -0.25) is 4.57 Å². The maximum absolute atomic E-state index is 4.83. The van der Waals surface area contributed by atoms with Crippen molar-refractivity contribution in [3.63, 3.8) is 0 Å². The molecule has 2 heterocycles. The number of benzene rings is 3. The largest absolute Gasteiger partial charge is 0.325 e. The van der Waals surface area contributed by atoms with E-state index in [0.29, 0.717) is 0 Å². The standard InChI is InChI=1S/C22H15Br2N3/c23-16-10-8-14(9-11-16)19-13-21(15-4-3-5-17(24)12-15)27-20-7-2-1-6-18(20)25-22(27)26-19/h1-13,21H,(H,25,26)/t21-/m1/s1. The lowest BCUT2D eigenvalue weighted by Gasteiger charge is -2.26. The Morgan fingerprint density at radius 1 is 0.852 bits per heavy atom. The van der Waals surface area contributed by atoms with Gasteiger partial charge >= 0.3 is 0 Å². The second kappa shape index (κ2) is 6.66. The van der Waals surface area contributed by atoms with Crippen molar-refractivity contribution in [2.45, 2.75) is 6.04 Å². The number of hydrogen-bond acceptors (Lipinski definition) is 2. The van der Waals surface area contributed by atoms with Crippen molar-refractivity contribution < 1.29 is 0 Å². The van der Waals surface area contributed by atoms with Gasteiger partial charge in [0.05, 0.1) is 17.1 Å². The fraction of sp³-hybridized carbons (Fsp3) is 0.0455. The van der Waals surface area contributed by atoms with Crippen molar-refractivity contribution in [1.29, 1.82) is 0 Å². The summed E-state index contributed by atoms with van der Waals surface area (Å²) in [7, 11) is 0. The third-order valence-corrected chi connectivity index (χ3v) is 5.81. The molecule has 0 amide bonds. The average Bonchev–Trinajstić information content (AvgIpc) is 3.06. The van der Waals surface area contributed by atoms with E-state index in [4.69, 9.17) is 4.98 Å². The smallest absolute Gasteiger partial charge is 0.209 e. The van der Waals surface area contributed by atoms with Crippen molar-refractivity contribution in [3.8, 4) is 0 Å². The minimum absolute atomic E-state index is 0.0600. The van der Waals surface area contributed by atoms with Crippen molar-refractivity contribution in [2.24, 2.45) is 0 Å². The Morgan fingerprint density at radius 3 is 2.48 bits per heavy atom. The molecule has 0 spiro atoms. The van der Waals surface area contributed by atoms with Crippen LogP contribution >= 0.6 is 31.9 Å². The molecule has 0 saturated carbocycles. The minimum atomic E-state index is 0.0600. The van der Waals surface area contributed by atoms with E-state index in [0.717, 1.165) is 37.2 Å². The molecule has 0 bridgehead atoms. The summed E-state index contributed by atoms with van der Waals surface area (Å²) in [4.78, 5) is 4.83. The second-order valence-corrected chi connectivity index (χ2v) is 8.34. The van der Waals surface area contributed by atoms with Gasteiger partial charge in [0.2, 0.25) is 5.95 Å². The molecule has 0 fully saturated rings. The molecule has 5 heteroatoms. The number of hydrogen-bond donors (Lipinski definition) is 1. The zero-order valence-corrected chi connectivity index (χ0v) is 17.4. The maximum atomic E-state index is 4.83. The normalized spacial score (nSPS) is 15.9. The van der Waals surface area contributed by atoms with Crippen LogP contribution in [-0.2, 0) is 0 Å². The first-order chi connectivity index (χ1) is 13.2. The van der Waals surface area contributed by atoms with Crippen LogP contribution in [-0.4, -0.2) is 9.55 Å². The predicted octanol–water partition coefficient (Wildman–Crippen LogP) is 6.62. The molecule has 132 valence electrons. The topological polar surface area (TPSA) is 29.9 Å². The molecule has 3 aromatic carbocycles. The molecule has 1 aliphatic rings. The molecule has 1 N–H and O–H groups in total. The molecule has 0 radical (unpaired) electrons. The molecule has 4 aromatic rings. The zero-order chi connectivity index (χ0) is 18.4. The zero-order valence-electron chi connectivity index (χ0n) is 14.2. The van der Waals surface area contributed by atoms with Gasteiger partial charge in [0.1, 0.15) is 0 Å². The van der Waals surface area contributed by atoms with E-state index in [-0.39, 0.29) is 6.04 Å². The molecule has 0 aliphatic carbocycles. The number of nitrogens with one attached hydrogen (secondary N) is 1. The van der Waals surface area contributed by atoms with E-state index in [9.17, 15) is 0 Å². The summed E-state index contributed by atoms with van der Waals surface area (Å²) >= 11 is 7.12. The number of halogens is 2. The van der Waals surface area contributed by atoms with E-state index in [1.807, 2.05) is 6.07 Å². The molecule has 1 atom stereocenters. The summed E-state index contributed by atoms with van der Waals surface area (Å²) < 4.78 is 4.40. The van der Waals surface area contributed by atoms with Gasteiger partial charge in [-0.2, -0.15) is 0 Å². The van der Waals surface area contributed by atoms with Gasteiger partial charge in [-0.25, -0.2) is 4.98 Å². The van der Waals surface area contributed by atoms with Gasteiger partial charge in [0.25, 0.3) is 0 Å². The Morgan fingerprint density at radius 2 is 1.67 bits per heavy atom. The maximum Gasteiger partial charge on any atom is 0.209 e. The summed E-state index contributed by atoms with van der Waals surface area (Å²) in [6.45, 7) is 0. The van der Waals surface area contributed by atoms with Crippen LogP contribution in [0.2, 0.25) is 0 Å². The highest BCUT2D eigenvalue weighted by Crippen LogP contribution is 2.37. The highest BCUT2D eigenvalue weighted by atomic mass is 79.9. The monoisotopic (exact) mass is 479 g/mol. The minimum Gasteiger partial charge on any atom is -0.325 e. The third kappa shape index (κ3) is 3.01. The summed E-state index contributed by atoms with van der Waals surface area (Å²) in [5.74, 6) is 0.863.